The number of aromatic hydroxyl groups is 1. The Morgan fingerprint density at radius 1 is 0.577 bits per heavy atom. The molecule has 1 N–H and O–H groups in total. The standard InChI is InChI=1S/C25H18O/c1-16-10-11-17-6-4-5-9-22(17)25(16)24-15-21(26)13-20-12-18-7-2-3-8-19(18)14-23(20)24/h2-15,26H,1H3. The predicted octanol–water partition coefficient (Wildman–Crippen LogP) is 6.83. The van der Waals surface area contributed by atoms with Crippen molar-refractivity contribution in [3.63, 3.8) is 0 Å². The molecule has 0 radical (unpaired) electrons. The molecule has 0 spiro atoms. The molecule has 0 fully saturated rings. The second-order valence-electron chi connectivity index (χ2n) is 6.89. The van der Waals surface area contributed by atoms with Crippen molar-refractivity contribution in [1.82, 2.24) is 0 Å². The van der Waals surface area contributed by atoms with Gasteiger partial charge in [-0.25, -0.2) is 0 Å². The maximum Gasteiger partial charge on any atom is 0.116 e. The Morgan fingerprint density at radius 2 is 1.27 bits per heavy atom. The second kappa shape index (κ2) is 5.60. The number of fused-ring (bicyclic) bond motifs is 3. The van der Waals surface area contributed by atoms with Gasteiger partial charge in [0, 0.05) is 0 Å². The van der Waals surface area contributed by atoms with E-state index in [-0.39, 0.29) is 0 Å². The minimum Gasteiger partial charge on any atom is -0.508 e. The van der Waals surface area contributed by atoms with E-state index in [1.807, 2.05) is 18.2 Å². The third-order valence-corrected chi connectivity index (χ3v) is 5.21. The Balaban J connectivity index is 1.96. The molecular weight excluding hydrogens is 316 g/mol. The van der Waals surface area contributed by atoms with Gasteiger partial charge in [0.05, 0.1) is 0 Å². The van der Waals surface area contributed by atoms with Gasteiger partial charge < -0.3 is 5.11 Å². The monoisotopic (exact) mass is 334 g/mol. The number of hydrogen-bond donors (Lipinski definition) is 1. The fourth-order valence-corrected chi connectivity index (χ4v) is 3.98. The Kier molecular flexibility index (Phi) is 3.23. The molecule has 0 heterocycles. The van der Waals surface area contributed by atoms with Crippen LogP contribution in [0.15, 0.2) is 84.9 Å². The van der Waals surface area contributed by atoms with E-state index < -0.39 is 0 Å². The van der Waals surface area contributed by atoms with Crippen LogP contribution in [0.2, 0.25) is 0 Å². The Hall–Kier alpha value is -3.32. The summed E-state index contributed by atoms with van der Waals surface area (Å²) in [6.45, 7) is 2.14. The van der Waals surface area contributed by atoms with Gasteiger partial charge >= 0.3 is 0 Å². The molecule has 26 heavy (non-hydrogen) atoms. The molecule has 5 rings (SSSR count). The van der Waals surface area contributed by atoms with E-state index in [2.05, 4.69) is 73.7 Å². The molecular formula is C25H18O. The lowest BCUT2D eigenvalue weighted by atomic mass is 9.89. The van der Waals surface area contributed by atoms with Crippen molar-refractivity contribution < 1.29 is 5.11 Å². The molecule has 124 valence electrons. The summed E-state index contributed by atoms with van der Waals surface area (Å²) in [7, 11) is 0. The van der Waals surface area contributed by atoms with Gasteiger partial charge in [0.15, 0.2) is 0 Å². The van der Waals surface area contributed by atoms with Crippen LogP contribution in [0.25, 0.3) is 43.4 Å². The van der Waals surface area contributed by atoms with Gasteiger partial charge in [-0.1, -0.05) is 60.7 Å². The summed E-state index contributed by atoms with van der Waals surface area (Å²) in [6, 6.07) is 29.3. The third-order valence-electron chi connectivity index (χ3n) is 5.21. The minimum absolute atomic E-state index is 0.301. The number of phenolic OH excluding ortho intramolecular Hbond substituents is 1. The molecule has 5 aromatic rings. The lowest BCUT2D eigenvalue weighted by molar-refractivity contribution is 0.476. The summed E-state index contributed by atoms with van der Waals surface area (Å²) in [4.78, 5) is 0. The lowest BCUT2D eigenvalue weighted by Crippen LogP contribution is -1.89. The van der Waals surface area contributed by atoms with Crippen molar-refractivity contribution in [1.29, 1.82) is 0 Å². The number of rotatable bonds is 1. The Morgan fingerprint density at radius 3 is 2.08 bits per heavy atom. The fraction of sp³-hybridized carbons (Fsp3) is 0.0400. The second-order valence-corrected chi connectivity index (χ2v) is 6.89. The normalized spacial score (nSPS) is 11.4. The van der Waals surface area contributed by atoms with Crippen molar-refractivity contribution in [2.24, 2.45) is 0 Å². The van der Waals surface area contributed by atoms with E-state index in [1.54, 1.807) is 0 Å². The van der Waals surface area contributed by atoms with E-state index in [0.717, 1.165) is 10.9 Å². The summed E-state index contributed by atoms with van der Waals surface area (Å²) in [5.74, 6) is 0.301. The molecule has 0 amide bonds. The van der Waals surface area contributed by atoms with Crippen LogP contribution in [0.5, 0.6) is 5.75 Å². The molecule has 0 unspecified atom stereocenters. The van der Waals surface area contributed by atoms with Crippen LogP contribution in [0, 0.1) is 6.92 Å². The first kappa shape index (κ1) is 15.0. The lowest BCUT2D eigenvalue weighted by Gasteiger charge is -2.15. The maximum absolute atomic E-state index is 10.4. The highest BCUT2D eigenvalue weighted by atomic mass is 16.3. The van der Waals surface area contributed by atoms with Crippen LogP contribution in [-0.2, 0) is 0 Å². The van der Waals surface area contributed by atoms with E-state index in [9.17, 15) is 5.11 Å². The van der Waals surface area contributed by atoms with Crippen molar-refractivity contribution in [3.8, 4) is 16.9 Å². The van der Waals surface area contributed by atoms with E-state index in [4.69, 9.17) is 0 Å². The van der Waals surface area contributed by atoms with Crippen LogP contribution < -0.4 is 0 Å². The molecule has 0 atom stereocenters. The molecule has 5 aromatic carbocycles. The van der Waals surface area contributed by atoms with Crippen molar-refractivity contribution >= 4 is 32.3 Å². The molecule has 0 bridgehead atoms. The van der Waals surface area contributed by atoms with Crippen LogP contribution in [0.4, 0.5) is 0 Å². The van der Waals surface area contributed by atoms with Crippen LogP contribution in [-0.4, -0.2) is 5.11 Å². The van der Waals surface area contributed by atoms with E-state index in [1.165, 1.54) is 38.1 Å². The number of benzene rings is 5. The smallest absolute Gasteiger partial charge is 0.116 e. The quantitative estimate of drug-likeness (QED) is 0.333. The maximum atomic E-state index is 10.4. The van der Waals surface area contributed by atoms with Gasteiger partial charge in [0.2, 0.25) is 0 Å². The summed E-state index contributed by atoms with van der Waals surface area (Å²) in [5, 5.41) is 17.5. The average molecular weight is 334 g/mol. The highest BCUT2D eigenvalue weighted by Crippen LogP contribution is 2.39. The highest BCUT2D eigenvalue weighted by molar-refractivity contribution is 6.10. The third kappa shape index (κ3) is 2.25. The van der Waals surface area contributed by atoms with Gasteiger partial charge in [-0.05, 0) is 80.2 Å². The summed E-state index contributed by atoms with van der Waals surface area (Å²) in [5.41, 5.74) is 3.49. The zero-order chi connectivity index (χ0) is 17.7. The van der Waals surface area contributed by atoms with E-state index in [0.29, 0.717) is 5.75 Å². The van der Waals surface area contributed by atoms with Gasteiger partial charge in [-0.3, -0.25) is 0 Å². The predicted molar refractivity (Wildman–Crippen MR) is 111 cm³/mol. The summed E-state index contributed by atoms with van der Waals surface area (Å²) >= 11 is 0. The molecule has 0 aromatic heterocycles. The first-order valence-electron chi connectivity index (χ1n) is 8.85. The Labute approximate surface area is 152 Å². The van der Waals surface area contributed by atoms with Crippen molar-refractivity contribution in [2.75, 3.05) is 0 Å². The molecule has 0 aliphatic carbocycles. The summed E-state index contributed by atoms with van der Waals surface area (Å²) < 4.78 is 0. The Bertz CT molecular complexity index is 1300. The van der Waals surface area contributed by atoms with Crippen LogP contribution in [0.1, 0.15) is 5.56 Å². The largest absolute Gasteiger partial charge is 0.508 e. The van der Waals surface area contributed by atoms with Crippen LogP contribution >= 0.6 is 0 Å². The van der Waals surface area contributed by atoms with E-state index >= 15 is 0 Å². The SMILES string of the molecule is Cc1ccc2ccccc2c1-c1cc(O)cc2cc3ccccc3cc12. The van der Waals surface area contributed by atoms with Gasteiger partial charge in [-0.15, -0.1) is 0 Å². The van der Waals surface area contributed by atoms with Gasteiger partial charge in [-0.2, -0.15) is 0 Å². The van der Waals surface area contributed by atoms with Crippen molar-refractivity contribution in [2.45, 2.75) is 6.92 Å². The first-order valence-corrected chi connectivity index (χ1v) is 8.85. The van der Waals surface area contributed by atoms with Gasteiger partial charge in [0.25, 0.3) is 0 Å². The molecule has 0 saturated heterocycles. The topological polar surface area (TPSA) is 20.2 Å². The minimum atomic E-state index is 0.301. The molecule has 0 aliphatic heterocycles. The fourth-order valence-electron chi connectivity index (χ4n) is 3.98. The number of hydrogen-bond acceptors (Lipinski definition) is 1. The molecule has 1 nitrogen and oxygen atoms in total. The van der Waals surface area contributed by atoms with Crippen molar-refractivity contribution in [3.05, 3.63) is 90.5 Å². The first-order chi connectivity index (χ1) is 12.7. The summed E-state index contributed by atoms with van der Waals surface area (Å²) in [6.07, 6.45) is 0. The average Bonchev–Trinajstić information content (AvgIpc) is 2.66. The molecule has 1 heteroatoms. The number of phenols is 1. The zero-order valence-electron chi connectivity index (χ0n) is 14.5. The zero-order valence-corrected chi connectivity index (χ0v) is 14.5. The number of aryl methyl sites for hydroxylation is 1. The molecule has 0 aliphatic rings. The van der Waals surface area contributed by atoms with Gasteiger partial charge in [0.1, 0.15) is 5.75 Å². The van der Waals surface area contributed by atoms with Crippen LogP contribution in [0.3, 0.4) is 0 Å². The molecule has 0 saturated carbocycles. The highest BCUT2D eigenvalue weighted by Gasteiger charge is 2.13.